The van der Waals surface area contributed by atoms with Crippen LogP contribution in [0.2, 0.25) is 0 Å². The van der Waals surface area contributed by atoms with Gasteiger partial charge in [0.1, 0.15) is 0 Å². The van der Waals surface area contributed by atoms with Crippen molar-refractivity contribution >= 4 is 11.7 Å². The monoisotopic (exact) mass is 315 g/mol. The summed E-state index contributed by atoms with van der Waals surface area (Å²) in [7, 11) is 0. The van der Waals surface area contributed by atoms with E-state index in [2.05, 4.69) is 15.5 Å². The molecule has 1 aromatic carbocycles. The van der Waals surface area contributed by atoms with Gasteiger partial charge in [0.2, 0.25) is 0 Å². The van der Waals surface area contributed by atoms with Gasteiger partial charge in [-0.15, -0.1) is 0 Å². The summed E-state index contributed by atoms with van der Waals surface area (Å²) in [5.74, 6) is 0.621. The molecule has 2 aliphatic rings. The first kappa shape index (κ1) is 16.3. The fraction of sp³-hybridized carbons (Fsp3) is 0.632. The molecule has 2 N–H and O–H groups in total. The highest BCUT2D eigenvalue weighted by atomic mass is 16.2. The molecular formula is C19H29N3O. The lowest BCUT2D eigenvalue weighted by atomic mass is 9.95. The Bertz CT molecular complexity index is 517. The molecule has 23 heavy (non-hydrogen) atoms. The zero-order valence-electron chi connectivity index (χ0n) is 14.2. The lowest BCUT2D eigenvalue weighted by Gasteiger charge is -2.36. The number of likely N-dealkylation sites (tertiary alicyclic amines) is 1. The minimum Gasteiger partial charge on any atom is -0.338 e. The molecule has 1 aliphatic heterocycles. The van der Waals surface area contributed by atoms with Gasteiger partial charge >= 0.3 is 6.03 Å². The molecule has 2 amide bonds. The summed E-state index contributed by atoms with van der Waals surface area (Å²) >= 11 is 0. The van der Waals surface area contributed by atoms with E-state index in [1.807, 2.05) is 31.2 Å². The van der Waals surface area contributed by atoms with E-state index < -0.39 is 0 Å². The molecular weight excluding hydrogens is 286 g/mol. The summed E-state index contributed by atoms with van der Waals surface area (Å²) in [5.41, 5.74) is 2.01. The largest absolute Gasteiger partial charge is 0.338 e. The molecule has 0 aromatic heterocycles. The molecule has 0 atom stereocenters. The average molecular weight is 315 g/mol. The maximum atomic E-state index is 12.0. The van der Waals surface area contributed by atoms with E-state index in [0.29, 0.717) is 5.92 Å². The lowest BCUT2D eigenvalue weighted by molar-refractivity contribution is 0.134. The number of hydrogen-bond donors (Lipinski definition) is 2. The normalized spacial score (nSPS) is 20.6. The van der Waals surface area contributed by atoms with Gasteiger partial charge in [0.25, 0.3) is 0 Å². The van der Waals surface area contributed by atoms with Gasteiger partial charge in [0.15, 0.2) is 0 Å². The van der Waals surface area contributed by atoms with Crippen LogP contribution in [-0.4, -0.2) is 36.6 Å². The molecule has 126 valence electrons. The van der Waals surface area contributed by atoms with Crippen LogP contribution >= 0.6 is 0 Å². The minimum absolute atomic E-state index is 0.0891. The highest BCUT2D eigenvalue weighted by Crippen LogP contribution is 2.27. The van der Waals surface area contributed by atoms with E-state index in [1.165, 1.54) is 51.6 Å². The summed E-state index contributed by atoms with van der Waals surface area (Å²) < 4.78 is 0. The third-order valence-corrected chi connectivity index (χ3v) is 5.32. The molecule has 0 unspecified atom stereocenters. The van der Waals surface area contributed by atoms with Gasteiger partial charge in [-0.05, 0) is 69.3 Å². The van der Waals surface area contributed by atoms with Gasteiger partial charge in [-0.2, -0.15) is 0 Å². The Kier molecular flexibility index (Phi) is 5.55. The van der Waals surface area contributed by atoms with Crippen molar-refractivity contribution in [3.8, 4) is 0 Å². The number of hydrogen-bond acceptors (Lipinski definition) is 2. The number of carbonyl (C=O) groups is 1. The van der Waals surface area contributed by atoms with Gasteiger partial charge in [-0.3, -0.25) is 0 Å². The van der Waals surface area contributed by atoms with Gasteiger partial charge in [-0.1, -0.05) is 25.0 Å². The average Bonchev–Trinajstić information content (AvgIpc) is 3.08. The molecule has 1 saturated carbocycles. The second-order valence-electron chi connectivity index (χ2n) is 7.12. The highest BCUT2D eigenvalue weighted by Gasteiger charge is 2.27. The van der Waals surface area contributed by atoms with Crippen LogP contribution in [0, 0.1) is 12.8 Å². The molecule has 3 rings (SSSR count). The van der Waals surface area contributed by atoms with Crippen molar-refractivity contribution in [3.05, 3.63) is 29.8 Å². The smallest absolute Gasteiger partial charge is 0.319 e. The number of benzene rings is 1. The highest BCUT2D eigenvalue weighted by molar-refractivity contribution is 5.89. The first-order valence-corrected chi connectivity index (χ1v) is 9.06. The minimum atomic E-state index is -0.0891. The molecule has 1 heterocycles. The number of aryl methyl sites for hydroxylation is 1. The van der Waals surface area contributed by atoms with Crippen molar-refractivity contribution in [2.75, 3.05) is 25.0 Å². The second-order valence-corrected chi connectivity index (χ2v) is 7.12. The van der Waals surface area contributed by atoms with Crippen LogP contribution in [0.15, 0.2) is 24.3 Å². The maximum absolute atomic E-state index is 12.0. The molecule has 0 spiro atoms. The molecule has 0 radical (unpaired) electrons. The van der Waals surface area contributed by atoms with Crippen molar-refractivity contribution < 1.29 is 4.79 Å². The Morgan fingerprint density at radius 2 is 1.91 bits per heavy atom. The Morgan fingerprint density at radius 1 is 1.17 bits per heavy atom. The summed E-state index contributed by atoms with van der Waals surface area (Å²) in [6, 6.07) is 8.65. The van der Waals surface area contributed by atoms with E-state index in [-0.39, 0.29) is 6.03 Å². The number of rotatable bonds is 4. The van der Waals surface area contributed by atoms with Crippen LogP contribution in [0.5, 0.6) is 0 Å². The number of amides is 2. The van der Waals surface area contributed by atoms with Gasteiger partial charge in [-0.25, -0.2) is 4.79 Å². The predicted octanol–water partition coefficient (Wildman–Crippen LogP) is 3.77. The maximum Gasteiger partial charge on any atom is 0.319 e. The fourth-order valence-corrected chi connectivity index (χ4v) is 3.93. The third kappa shape index (κ3) is 4.71. The van der Waals surface area contributed by atoms with E-state index in [4.69, 9.17) is 0 Å². The fourth-order valence-electron chi connectivity index (χ4n) is 3.93. The summed E-state index contributed by atoms with van der Waals surface area (Å²) in [5, 5.41) is 5.95. The van der Waals surface area contributed by atoms with Gasteiger partial charge in [0.05, 0.1) is 0 Å². The quantitative estimate of drug-likeness (QED) is 0.888. The van der Waals surface area contributed by atoms with E-state index in [1.54, 1.807) is 0 Å². The van der Waals surface area contributed by atoms with Crippen molar-refractivity contribution in [2.45, 2.75) is 51.5 Å². The molecule has 0 bridgehead atoms. The Labute approximate surface area is 139 Å². The standard InChI is InChI=1S/C19H29N3O/c1-15-5-4-6-17(13-15)21-19(23)20-14-16-9-11-22(12-10-16)18-7-2-3-8-18/h4-6,13,16,18H,2-3,7-12,14H2,1H3,(H2,20,21,23). The van der Waals surface area contributed by atoms with E-state index in [0.717, 1.165) is 23.8 Å². The number of urea groups is 1. The van der Waals surface area contributed by atoms with Crippen molar-refractivity contribution in [1.82, 2.24) is 10.2 Å². The van der Waals surface area contributed by atoms with Crippen LogP contribution in [0.1, 0.15) is 44.1 Å². The number of nitrogens with zero attached hydrogens (tertiary/aromatic N) is 1. The molecule has 1 aromatic rings. The van der Waals surface area contributed by atoms with Crippen LogP contribution < -0.4 is 10.6 Å². The van der Waals surface area contributed by atoms with Crippen LogP contribution in [0.4, 0.5) is 10.5 Å². The first-order valence-electron chi connectivity index (χ1n) is 9.06. The SMILES string of the molecule is Cc1cccc(NC(=O)NCC2CCN(C3CCCC3)CC2)c1. The van der Waals surface area contributed by atoms with E-state index >= 15 is 0 Å². The van der Waals surface area contributed by atoms with Crippen LogP contribution in [0.25, 0.3) is 0 Å². The Hall–Kier alpha value is -1.55. The van der Waals surface area contributed by atoms with Crippen LogP contribution in [-0.2, 0) is 0 Å². The lowest BCUT2D eigenvalue weighted by Crippen LogP contribution is -2.43. The molecule has 4 heteroatoms. The van der Waals surface area contributed by atoms with Crippen molar-refractivity contribution in [1.29, 1.82) is 0 Å². The number of anilines is 1. The molecule has 1 saturated heterocycles. The molecule has 4 nitrogen and oxygen atoms in total. The van der Waals surface area contributed by atoms with Crippen molar-refractivity contribution in [2.24, 2.45) is 5.92 Å². The molecule has 2 fully saturated rings. The van der Waals surface area contributed by atoms with Gasteiger partial charge < -0.3 is 15.5 Å². The van der Waals surface area contributed by atoms with Crippen molar-refractivity contribution in [3.63, 3.8) is 0 Å². The predicted molar refractivity (Wildman–Crippen MR) is 94.8 cm³/mol. The summed E-state index contributed by atoms with van der Waals surface area (Å²) in [6.45, 7) is 5.23. The topological polar surface area (TPSA) is 44.4 Å². The zero-order chi connectivity index (χ0) is 16.1. The molecule has 1 aliphatic carbocycles. The van der Waals surface area contributed by atoms with Crippen LogP contribution in [0.3, 0.4) is 0 Å². The second kappa shape index (κ2) is 7.82. The number of piperidine rings is 1. The number of nitrogens with one attached hydrogen (secondary N) is 2. The van der Waals surface area contributed by atoms with E-state index in [9.17, 15) is 4.79 Å². The summed E-state index contributed by atoms with van der Waals surface area (Å²) in [4.78, 5) is 14.7. The Morgan fingerprint density at radius 3 is 2.61 bits per heavy atom. The number of carbonyl (C=O) groups excluding carboxylic acids is 1. The zero-order valence-corrected chi connectivity index (χ0v) is 14.2. The summed E-state index contributed by atoms with van der Waals surface area (Å²) in [6.07, 6.45) is 8.02. The first-order chi connectivity index (χ1) is 11.2. The van der Waals surface area contributed by atoms with Gasteiger partial charge in [0, 0.05) is 18.3 Å². The Balaban J connectivity index is 1.36. The third-order valence-electron chi connectivity index (χ3n) is 5.32.